The van der Waals surface area contributed by atoms with E-state index < -0.39 is 0 Å². The summed E-state index contributed by atoms with van der Waals surface area (Å²) < 4.78 is 11.1. The van der Waals surface area contributed by atoms with Crippen LogP contribution < -0.4 is 5.32 Å². The van der Waals surface area contributed by atoms with Crippen LogP contribution in [0.5, 0.6) is 0 Å². The molecule has 0 aliphatic heterocycles. The highest BCUT2D eigenvalue weighted by atomic mass is 16.5. The smallest absolute Gasteiger partial charge is 0.0716 e. The van der Waals surface area contributed by atoms with E-state index in [1.165, 1.54) is 11.1 Å². The first-order chi connectivity index (χ1) is 9.57. The first kappa shape index (κ1) is 17.2. The fourth-order valence-electron chi connectivity index (χ4n) is 1.85. The Balaban J connectivity index is 2.31. The van der Waals surface area contributed by atoms with E-state index in [9.17, 15) is 0 Å². The number of benzene rings is 1. The van der Waals surface area contributed by atoms with Gasteiger partial charge in [0.15, 0.2) is 0 Å². The average Bonchev–Trinajstić information content (AvgIpc) is 2.45. The maximum absolute atomic E-state index is 5.74. The third-order valence-corrected chi connectivity index (χ3v) is 3.42. The quantitative estimate of drug-likeness (QED) is 0.665. The standard InChI is InChI=1S/C17H29NO2/c1-5-10-18-13-15-7-6-8-16(12-15)14-20-11-9-17(2,3)19-4/h6-8,12,18H,5,9-11,13-14H2,1-4H3. The lowest BCUT2D eigenvalue weighted by Gasteiger charge is -2.22. The van der Waals surface area contributed by atoms with Crippen LogP contribution in [0.1, 0.15) is 44.7 Å². The molecule has 0 unspecified atom stereocenters. The molecule has 1 rings (SSSR count). The largest absolute Gasteiger partial charge is 0.379 e. The third-order valence-electron chi connectivity index (χ3n) is 3.42. The van der Waals surface area contributed by atoms with E-state index in [0.717, 1.165) is 32.5 Å². The average molecular weight is 279 g/mol. The SMILES string of the molecule is CCCNCc1cccc(COCCC(C)(C)OC)c1. The second kappa shape index (κ2) is 9.11. The molecule has 0 aliphatic rings. The maximum atomic E-state index is 5.74. The lowest BCUT2D eigenvalue weighted by atomic mass is 10.1. The zero-order chi connectivity index (χ0) is 14.8. The number of rotatable bonds is 10. The van der Waals surface area contributed by atoms with Gasteiger partial charge in [-0.2, -0.15) is 0 Å². The van der Waals surface area contributed by atoms with Gasteiger partial charge in [-0.25, -0.2) is 0 Å². The Bertz CT molecular complexity index is 377. The van der Waals surface area contributed by atoms with Crippen molar-refractivity contribution in [2.75, 3.05) is 20.3 Å². The Morgan fingerprint density at radius 3 is 2.65 bits per heavy atom. The molecule has 0 amide bonds. The minimum atomic E-state index is -0.105. The minimum absolute atomic E-state index is 0.105. The molecule has 0 aliphatic carbocycles. The number of hydrogen-bond donors (Lipinski definition) is 1. The number of methoxy groups -OCH3 is 1. The van der Waals surface area contributed by atoms with Crippen LogP contribution in [0.4, 0.5) is 0 Å². The van der Waals surface area contributed by atoms with Gasteiger partial charge in [-0.05, 0) is 44.4 Å². The molecule has 3 nitrogen and oxygen atoms in total. The normalized spacial score (nSPS) is 11.8. The molecular formula is C17H29NO2. The van der Waals surface area contributed by atoms with Crippen molar-refractivity contribution in [3.8, 4) is 0 Å². The van der Waals surface area contributed by atoms with Crippen LogP contribution in [0.2, 0.25) is 0 Å². The summed E-state index contributed by atoms with van der Waals surface area (Å²) in [6, 6.07) is 8.58. The monoisotopic (exact) mass is 279 g/mol. The molecule has 3 heteroatoms. The Kier molecular flexibility index (Phi) is 7.82. The summed E-state index contributed by atoms with van der Waals surface area (Å²) in [6.45, 7) is 9.72. The molecule has 1 N–H and O–H groups in total. The molecule has 0 bridgehead atoms. The molecule has 0 spiro atoms. The maximum Gasteiger partial charge on any atom is 0.0716 e. The summed E-state index contributed by atoms with van der Waals surface area (Å²) in [5.41, 5.74) is 2.44. The lowest BCUT2D eigenvalue weighted by Crippen LogP contribution is -2.24. The van der Waals surface area contributed by atoms with Crippen LogP contribution in [0.25, 0.3) is 0 Å². The molecular weight excluding hydrogens is 250 g/mol. The van der Waals surface area contributed by atoms with Crippen LogP contribution in [-0.4, -0.2) is 25.9 Å². The summed E-state index contributed by atoms with van der Waals surface area (Å²) in [4.78, 5) is 0. The predicted octanol–water partition coefficient (Wildman–Crippen LogP) is 3.52. The highest BCUT2D eigenvalue weighted by Gasteiger charge is 2.15. The van der Waals surface area contributed by atoms with Gasteiger partial charge < -0.3 is 14.8 Å². The molecule has 0 radical (unpaired) electrons. The lowest BCUT2D eigenvalue weighted by molar-refractivity contribution is -0.0124. The second-order valence-corrected chi connectivity index (χ2v) is 5.76. The van der Waals surface area contributed by atoms with Gasteiger partial charge >= 0.3 is 0 Å². The molecule has 0 fully saturated rings. The van der Waals surface area contributed by atoms with Crippen LogP contribution in [0, 0.1) is 0 Å². The van der Waals surface area contributed by atoms with Gasteiger partial charge in [0.1, 0.15) is 0 Å². The first-order valence-electron chi connectivity index (χ1n) is 7.49. The Morgan fingerprint density at radius 1 is 1.20 bits per heavy atom. The Labute approximate surface area is 123 Å². The van der Waals surface area contributed by atoms with Gasteiger partial charge in [0.25, 0.3) is 0 Å². The van der Waals surface area contributed by atoms with E-state index in [-0.39, 0.29) is 5.60 Å². The minimum Gasteiger partial charge on any atom is -0.379 e. The van der Waals surface area contributed by atoms with Crippen LogP contribution in [-0.2, 0) is 22.6 Å². The van der Waals surface area contributed by atoms with Crippen LogP contribution in [0.3, 0.4) is 0 Å². The van der Waals surface area contributed by atoms with E-state index in [4.69, 9.17) is 9.47 Å². The summed E-state index contributed by atoms with van der Waals surface area (Å²) in [7, 11) is 1.74. The van der Waals surface area contributed by atoms with Gasteiger partial charge in [0.05, 0.1) is 12.2 Å². The van der Waals surface area contributed by atoms with Crippen LogP contribution >= 0.6 is 0 Å². The van der Waals surface area contributed by atoms with E-state index in [1.807, 2.05) is 0 Å². The van der Waals surface area contributed by atoms with Crippen molar-refractivity contribution in [2.24, 2.45) is 0 Å². The zero-order valence-electron chi connectivity index (χ0n) is 13.4. The van der Waals surface area contributed by atoms with E-state index in [1.54, 1.807) is 7.11 Å². The van der Waals surface area contributed by atoms with Crippen molar-refractivity contribution in [3.63, 3.8) is 0 Å². The van der Waals surface area contributed by atoms with Crippen molar-refractivity contribution in [3.05, 3.63) is 35.4 Å². The van der Waals surface area contributed by atoms with Crippen molar-refractivity contribution < 1.29 is 9.47 Å². The second-order valence-electron chi connectivity index (χ2n) is 5.76. The van der Waals surface area contributed by atoms with Crippen LogP contribution in [0.15, 0.2) is 24.3 Å². The van der Waals surface area contributed by atoms with Crippen molar-refractivity contribution in [1.82, 2.24) is 5.32 Å². The summed E-state index contributed by atoms with van der Waals surface area (Å²) in [5.74, 6) is 0. The number of hydrogen-bond acceptors (Lipinski definition) is 3. The van der Waals surface area contributed by atoms with E-state index in [0.29, 0.717) is 6.61 Å². The molecule has 0 saturated heterocycles. The van der Waals surface area contributed by atoms with Crippen molar-refractivity contribution in [1.29, 1.82) is 0 Å². The summed E-state index contributed by atoms with van der Waals surface area (Å²) >= 11 is 0. The molecule has 0 heterocycles. The fraction of sp³-hybridized carbons (Fsp3) is 0.647. The fourth-order valence-corrected chi connectivity index (χ4v) is 1.85. The highest BCUT2D eigenvalue weighted by molar-refractivity contribution is 5.22. The molecule has 1 aromatic rings. The van der Waals surface area contributed by atoms with Gasteiger partial charge in [-0.1, -0.05) is 31.2 Å². The molecule has 0 saturated carbocycles. The molecule has 114 valence electrons. The van der Waals surface area contributed by atoms with E-state index in [2.05, 4.69) is 50.4 Å². The first-order valence-corrected chi connectivity index (χ1v) is 7.49. The van der Waals surface area contributed by atoms with Gasteiger partial charge in [0.2, 0.25) is 0 Å². The number of nitrogens with one attached hydrogen (secondary N) is 1. The topological polar surface area (TPSA) is 30.5 Å². The molecule has 0 aromatic heterocycles. The number of ether oxygens (including phenoxy) is 2. The van der Waals surface area contributed by atoms with Crippen molar-refractivity contribution in [2.45, 2.75) is 52.4 Å². The summed E-state index contributed by atoms with van der Waals surface area (Å²) in [6.07, 6.45) is 2.07. The van der Waals surface area contributed by atoms with Gasteiger partial charge in [-0.15, -0.1) is 0 Å². The Morgan fingerprint density at radius 2 is 1.95 bits per heavy atom. The summed E-state index contributed by atoms with van der Waals surface area (Å²) in [5, 5.41) is 3.42. The molecule has 20 heavy (non-hydrogen) atoms. The molecule has 1 aromatic carbocycles. The third kappa shape index (κ3) is 7.04. The molecule has 0 atom stereocenters. The zero-order valence-corrected chi connectivity index (χ0v) is 13.4. The van der Waals surface area contributed by atoms with Crippen molar-refractivity contribution >= 4 is 0 Å². The van der Waals surface area contributed by atoms with Gasteiger partial charge in [0, 0.05) is 20.3 Å². The predicted molar refractivity (Wildman–Crippen MR) is 83.8 cm³/mol. The van der Waals surface area contributed by atoms with Gasteiger partial charge in [-0.3, -0.25) is 0 Å². The van der Waals surface area contributed by atoms with E-state index >= 15 is 0 Å². The highest BCUT2D eigenvalue weighted by Crippen LogP contribution is 2.13. The Hall–Kier alpha value is -0.900.